The van der Waals surface area contributed by atoms with Crippen LogP contribution >= 0.6 is 0 Å². The van der Waals surface area contributed by atoms with Crippen molar-refractivity contribution in [3.8, 4) is 0 Å². The lowest BCUT2D eigenvalue weighted by molar-refractivity contribution is 0.170. The van der Waals surface area contributed by atoms with Gasteiger partial charge in [0.2, 0.25) is 0 Å². The molecule has 0 amide bonds. The van der Waals surface area contributed by atoms with E-state index in [2.05, 4.69) is 26.1 Å². The third-order valence-corrected chi connectivity index (χ3v) is 5.51. The average Bonchev–Trinajstić information content (AvgIpc) is 2.49. The first-order valence-corrected chi connectivity index (χ1v) is 9.91. The van der Waals surface area contributed by atoms with E-state index in [-0.39, 0.29) is 0 Å². The van der Waals surface area contributed by atoms with E-state index in [4.69, 9.17) is 0 Å². The van der Waals surface area contributed by atoms with Crippen LogP contribution in [-0.4, -0.2) is 13.1 Å². The summed E-state index contributed by atoms with van der Waals surface area (Å²) in [5.41, 5.74) is 0.628. The highest BCUT2D eigenvalue weighted by Gasteiger charge is 2.28. The molecule has 1 heterocycles. The molecule has 0 atom stereocenters. The molecule has 1 saturated heterocycles. The van der Waals surface area contributed by atoms with E-state index >= 15 is 0 Å². The average molecular weight is 296 g/mol. The maximum absolute atomic E-state index is 3.52. The van der Waals surface area contributed by atoms with Crippen LogP contribution < -0.4 is 5.32 Å². The monoisotopic (exact) mass is 295 g/mol. The fourth-order valence-corrected chi connectivity index (χ4v) is 4.07. The van der Waals surface area contributed by atoms with E-state index in [0.717, 1.165) is 5.92 Å². The van der Waals surface area contributed by atoms with Crippen LogP contribution in [0.15, 0.2) is 0 Å². The Balaban J connectivity index is 2.37. The van der Waals surface area contributed by atoms with E-state index < -0.39 is 0 Å². The summed E-state index contributed by atoms with van der Waals surface area (Å²) in [7, 11) is 0. The molecule has 1 N–H and O–H groups in total. The van der Waals surface area contributed by atoms with E-state index in [0.29, 0.717) is 5.41 Å². The van der Waals surface area contributed by atoms with Crippen LogP contribution in [0.1, 0.15) is 104 Å². The topological polar surface area (TPSA) is 12.0 Å². The second-order valence-electron chi connectivity index (χ2n) is 7.83. The number of hydrogen-bond acceptors (Lipinski definition) is 1. The lowest BCUT2D eigenvalue weighted by Gasteiger charge is -2.35. The van der Waals surface area contributed by atoms with Gasteiger partial charge in [0, 0.05) is 0 Å². The Bertz CT molecular complexity index is 218. The molecule has 0 radical (unpaired) electrons. The van der Waals surface area contributed by atoms with Gasteiger partial charge in [0.05, 0.1) is 0 Å². The zero-order valence-electron chi connectivity index (χ0n) is 15.2. The summed E-state index contributed by atoms with van der Waals surface area (Å²) in [6, 6.07) is 0. The van der Waals surface area contributed by atoms with E-state index in [1.54, 1.807) is 0 Å². The Kier molecular flexibility index (Phi) is 10.4. The van der Waals surface area contributed by atoms with Gasteiger partial charge in [-0.1, -0.05) is 72.1 Å². The van der Waals surface area contributed by atoms with Crippen LogP contribution in [0.2, 0.25) is 0 Å². The van der Waals surface area contributed by atoms with E-state index in [1.807, 2.05) is 0 Å². The minimum absolute atomic E-state index is 0.628. The van der Waals surface area contributed by atoms with Crippen LogP contribution in [0, 0.1) is 11.3 Å². The van der Waals surface area contributed by atoms with Gasteiger partial charge < -0.3 is 5.32 Å². The normalized spacial score (nSPS) is 17.3. The standard InChI is InChI=1S/C20H41N/c1-4-6-8-10-14-20(3,15-11-9-7-5-2)18-19-12-16-21-17-13-19/h19,21H,4-18H2,1-3H3. The Hall–Kier alpha value is -0.0400. The minimum atomic E-state index is 0.628. The molecule has 0 saturated carbocycles. The number of unbranched alkanes of at least 4 members (excludes halogenated alkanes) is 6. The van der Waals surface area contributed by atoms with Crippen LogP contribution in [0.4, 0.5) is 0 Å². The van der Waals surface area contributed by atoms with Crippen molar-refractivity contribution in [2.24, 2.45) is 11.3 Å². The van der Waals surface area contributed by atoms with Crippen molar-refractivity contribution in [1.82, 2.24) is 5.32 Å². The molecule has 1 nitrogen and oxygen atoms in total. The fraction of sp³-hybridized carbons (Fsp3) is 1.00. The summed E-state index contributed by atoms with van der Waals surface area (Å²) in [5.74, 6) is 0.994. The van der Waals surface area contributed by atoms with Crippen molar-refractivity contribution in [2.75, 3.05) is 13.1 Å². The van der Waals surface area contributed by atoms with Gasteiger partial charge in [-0.2, -0.15) is 0 Å². The summed E-state index contributed by atoms with van der Waals surface area (Å²) in [6.07, 6.45) is 18.7. The van der Waals surface area contributed by atoms with Crippen LogP contribution in [0.5, 0.6) is 0 Å². The van der Waals surface area contributed by atoms with Gasteiger partial charge in [-0.25, -0.2) is 0 Å². The highest BCUT2D eigenvalue weighted by Crippen LogP contribution is 2.39. The Morgan fingerprint density at radius 2 is 1.33 bits per heavy atom. The first kappa shape index (κ1) is 19.0. The van der Waals surface area contributed by atoms with Gasteiger partial charge in [-0.3, -0.25) is 0 Å². The number of piperidine rings is 1. The maximum atomic E-state index is 3.52. The summed E-state index contributed by atoms with van der Waals surface area (Å²) in [4.78, 5) is 0. The van der Waals surface area contributed by atoms with Crippen LogP contribution in [0.3, 0.4) is 0 Å². The smallest absolute Gasteiger partial charge is 0.00463 e. The molecule has 0 aromatic carbocycles. The lowest BCUT2D eigenvalue weighted by Crippen LogP contribution is -2.31. The molecule has 1 heteroatoms. The largest absolute Gasteiger partial charge is 0.317 e. The summed E-state index contributed by atoms with van der Waals surface area (Å²) in [5, 5.41) is 3.52. The maximum Gasteiger partial charge on any atom is -0.00463 e. The summed E-state index contributed by atoms with van der Waals surface area (Å²) >= 11 is 0. The molecule has 0 aromatic rings. The third kappa shape index (κ3) is 8.86. The minimum Gasteiger partial charge on any atom is -0.317 e. The molecule has 0 unspecified atom stereocenters. The summed E-state index contributed by atoms with van der Waals surface area (Å²) < 4.78 is 0. The van der Waals surface area contributed by atoms with Gasteiger partial charge in [-0.15, -0.1) is 0 Å². The van der Waals surface area contributed by atoms with Gasteiger partial charge in [0.15, 0.2) is 0 Å². The van der Waals surface area contributed by atoms with Crippen molar-refractivity contribution in [1.29, 1.82) is 0 Å². The molecule has 0 bridgehead atoms. The highest BCUT2D eigenvalue weighted by atomic mass is 14.9. The van der Waals surface area contributed by atoms with Crippen LogP contribution in [-0.2, 0) is 0 Å². The first-order valence-electron chi connectivity index (χ1n) is 9.91. The Labute approximate surface area is 134 Å². The van der Waals surface area contributed by atoms with Crippen molar-refractivity contribution >= 4 is 0 Å². The predicted molar refractivity (Wildman–Crippen MR) is 95.8 cm³/mol. The second-order valence-corrected chi connectivity index (χ2v) is 7.83. The molecule has 0 aliphatic carbocycles. The third-order valence-electron chi connectivity index (χ3n) is 5.51. The Morgan fingerprint density at radius 1 is 0.810 bits per heavy atom. The molecule has 1 fully saturated rings. The number of hydrogen-bond donors (Lipinski definition) is 1. The number of rotatable bonds is 12. The van der Waals surface area contributed by atoms with Crippen molar-refractivity contribution in [3.63, 3.8) is 0 Å². The van der Waals surface area contributed by atoms with Crippen LogP contribution in [0.25, 0.3) is 0 Å². The SMILES string of the molecule is CCCCCCC(C)(CCCCCC)CC1CCNCC1. The molecule has 0 spiro atoms. The predicted octanol–water partition coefficient (Wildman–Crippen LogP) is 6.32. The Morgan fingerprint density at radius 3 is 1.81 bits per heavy atom. The zero-order valence-corrected chi connectivity index (χ0v) is 15.2. The van der Waals surface area contributed by atoms with E-state index in [1.165, 1.54) is 96.6 Å². The number of nitrogens with one attached hydrogen (secondary N) is 1. The molecule has 1 aliphatic rings. The molecule has 1 rings (SSSR count). The molecular formula is C20H41N. The lowest BCUT2D eigenvalue weighted by atomic mass is 9.71. The molecular weight excluding hydrogens is 254 g/mol. The molecule has 21 heavy (non-hydrogen) atoms. The zero-order chi connectivity index (χ0) is 15.4. The quantitative estimate of drug-likeness (QED) is 0.415. The highest BCUT2D eigenvalue weighted by molar-refractivity contribution is 4.81. The van der Waals surface area contributed by atoms with Gasteiger partial charge >= 0.3 is 0 Å². The first-order chi connectivity index (χ1) is 10.2. The second kappa shape index (κ2) is 11.5. The fourth-order valence-electron chi connectivity index (χ4n) is 4.07. The van der Waals surface area contributed by atoms with Gasteiger partial charge in [0.1, 0.15) is 0 Å². The van der Waals surface area contributed by atoms with Gasteiger partial charge in [-0.05, 0) is 56.5 Å². The molecule has 126 valence electrons. The van der Waals surface area contributed by atoms with Crippen molar-refractivity contribution < 1.29 is 0 Å². The molecule has 0 aromatic heterocycles. The van der Waals surface area contributed by atoms with Crippen molar-refractivity contribution in [3.05, 3.63) is 0 Å². The molecule has 1 aliphatic heterocycles. The summed E-state index contributed by atoms with van der Waals surface area (Å²) in [6.45, 7) is 9.75. The van der Waals surface area contributed by atoms with Gasteiger partial charge in [0.25, 0.3) is 0 Å². The van der Waals surface area contributed by atoms with E-state index in [9.17, 15) is 0 Å². The van der Waals surface area contributed by atoms with Crippen molar-refractivity contribution in [2.45, 2.75) is 104 Å².